The van der Waals surface area contributed by atoms with Crippen LogP contribution in [0.4, 0.5) is 0 Å². The molecule has 9 nitrogen and oxygen atoms in total. The van der Waals surface area contributed by atoms with Crippen LogP contribution in [0, 0.1) is 25.2 Å². The molecule has 1 fully saturated rings. The summed E-state index contributed by atoms with van der Waals surface area (Å²) in [4.78, 5) is 4.83. The molecule has 2 aromatic carbocycles. The minimum atomic E-state index is -0.310. The molecule has 0 N–H and O–H groups in total. The van der Waals surface area contributed by atoms with Gasteiger partial charge < -0.3 is 28.4 Å². The van der Waals surface area contributed by atoms with E-state index in [1.807, 2.05) is 13.8 Å². The van der Waals surface area contributed by atoms with Crippen LogP contribution in [0.3, 0.4) is 0 Å². The van der Waals surface area contributed by atoms with E-state index in [1.165, 1.54) is 5.56 Å². The molecule has 218 valence electrons. The van der Waals surface area contributed by atoms with Crippen LogP contribution < -0.4 is 23.7 Å². The smallest absolute Gasteiger partial charge is 0.231 e. The molecule has 0 aliphatic carbocycles. The maximum absolute atomic E-state index is 10.7. The summed E-state index contributed by atoms with van der Waals surface area (Å²) in [5.41, 5.74) is 6.46. The maximum atomic E-state index is 10.7. The molecule has 0 saturated carbocycles. The van der Waals surface area contributed by atoms with Crippen molar-refractivity contribution in [1.82, 2.24) is 9.80 Å². The predicted molar refractivity (Wildman–Crippen MR) is 153 cm³/mol. The molecular weight excluding hydrogens is 522 g/mol. The Morgan fingerprint density at radius 2 is 1.85 bits per heavy atom. The lowest BCUT2D eigenvalue weighted by molar-refractivity contribution is -0.0745. The van der Waals surface area contributed by atoms with Crippen molar-refractivity contribution in [3.8, 4) is 34.8 Å². The lowest BCUT2D eigenvalue weighted by atomic mass is 9.71. The molecule has 0 aromatic heterocycles. The SMILES string of the molecule is C=CCOc1c(C)c2c(c3c1CC1[C@H]4c5c(cc(C)c(OC)c5OCOC)C[C@H]([C@H](C#N)N1[C@H]3CC)N4C)OCO2. The normalized spacial score (nSPS) is 25.9. The van der Waals surface area contributed by atoms with Crippen LogP contribution in [0.1, 0.15) is 58.8 Å². The van der Waals surface area contributed by atoms with E-state index >= 15 is 0 Å². The Bertz CT molecular complexity index is 1420. The topological polar surface area (TPSA) is 85.7 Å². The molecule has 6 rings (SSSR count). The first kappa shape index (κ1) is 27.7. The summed E-state index contributed by atoms with van der Waals surface area (Å²) >= 11 is 0. The zero-order valence-corrected chi connectivity index (χ0v) is 24.8. The highest BCUT2D eigenvalue weighted by Crippen LogP contribution is 2.59. The first-order valence-corrected chi connectivity index (χ1v) is 14.3. The molecule has 2 bridgehead atoms. The van der Waals surface area contributed by atoms with Crippen LogP contribution in [0.5, 0.6) is 28.7 Å². The minimum Gasteiger partial charge on any atom is -0.493 e. The van der Waals surface area contributed by atoms with Crippen molar-refractivity contribution in [2.75, 3.05) is 41.5 Å². The van der Waals surface area contributed by atoms with Crippen molar-refractivity contribution in [2.45, 2.75) is 70.2 Å². The number of hydrogen-bond donors (Lipinski definition) is 0. The average Bonchev–Trinajstić information content (AvgIpc) is 3.46. The fraction of sp³-hybridized carbons (Fsp3) is 0.531. The van der Waals surface area contributed by atoms with Crippen LogP contribution in [-0.2, 0) is 17.6 Å². The van der Waals surface area contributed by atoms with Gasteiger partial charge in [-0.2, -0.15) is 5.26 Å². The Hall–Kier alpha value is -3.45. The van der Waals surface area contributed by atoms with E-state index in [0.29, 0.717) is 13.0 Å². The summed E-state index contributed by atoms with van der Waals surface area (Å²) < 4.78 is 36.0. The number of nitrogens with zero attached hydrogens (tertiary/aromatic N) is 3. The Balaban J connectivity index is 1.60. The molecule has 0 spiro atoms. The van der Waals surface area contributed by atoms with Gasteiger partial charge in [0.05, 0.1) is 19.2 Å². The summed E-state index contributed by atoms with van der Waals surface area (Å²) in [5, 5.41) is 10.7. The van der Waals surface area contributed by atoms with E-state index in [9.17, 15) is 5.26 Å². The van der Waals surface area contributed by atoms with Crippen LogP contribution in [0.15, 0.2) is 18.7 Å². The van der Waals surface area contributed by atoms with Gasteiger partial charge in [0, 0.05) is 47.5 Å². The van der Waals surface area contributed by atoms with Crippen molar-refractivity contribution in [2.24, 2.45) is 0 Å². The monoisotopic (exact) mass is 561 g/mol. The van der Waals surface area contributed by atoms with Crippen LogP contribution in [0.2, 0.25) is 0 Å². The summed E-state index contributed by atoms with van der Waals surface area (Å²) in [5.74, 6) is 3.80. The molecule has 0 radical (unpaired) electrons. The number of hydrogen-bond acceptors (Lipinski definition) is 9. The van der Waals surface area contributed by atoms with Crippen LogP contribution >= 0.6 is 0 Å². The van der Waals surface area contributed by atoms with Crippen LogP contribution in [-0.4, -0.2) is 69.4 Å². The van der Waals surface area contributed by atoms with E-state index in [-0.39, 0.29) is 43.8 Å². The van der Waals surface area contributed by atoms with E-state index < -0.39 is 0 Å². The third kappa shape index (κ3) is 3.99. The number of rotatable bonds is 8. The Labute approximate surface area is 242 Å². The first-order chi connectivity index (χ1) is 19.9. The molecular formula is C32H39N3O6. The van der Waals surface area contributed by atoms with Gasteiger partial charge in [-0.25, -0.2) is 0 Å². The first-order valence-electron chi connectivity index (χ1n) is 14.3. The van der Waals surface area contributed by atoms with Gasteiger partial charge in [-0.3, -0.25) is 9.80 Å². The standard InChI is InChI=1S/C32H39N3O6/c1-8-10-38-29-18(4)30-32(41-16-40-30)26-20(29)13-23-27-25-19(11-17(3)28(37-7)31(25)39-15-36-6)12-22(34(27)5)24(14-33)35(23)21(26)9-2/h8,11,21-24,27H,1,9-10,12-13,15-16H2,2-7H3/t21-,22+,23?,24-,27-/m0/s1. The quantitative estimate of drug-likeness (QED) is 0.334. The summed E-state index contributed by atoms with van der Waals surface area (Å²) in [7, 11) is 5.45. The zero-order valence-electron chi connectivity index (χ0n) is 24.8. The third-order valence-corrected chi connectivity index (χ3v) is 9.30. The second-order valence-corrected chi connectivity index (χ2v) is 11.3. The minimum absolute atomic E-state index is 0.0135. The van der Waals surface area contributed by atoms with Gasteiger partial charge >= 0.3 is 0 Å². The molecule has 41 heavy (non-hydrogen) atoms. The molecule has 4 heterocycles. The number of likely N-dealkylation sites (N-methyl/N-ethyl adjacent to an activating group) is 1. The Kier molecular flexibility index (Phi) is 7.26. The predicted octanol–water partition coefficient (Wildman–Crippen LogP) is 4.77. The molecule has 1 unspecified atom stereocenters. The second kappa shape index (κ2) is 10.8. The third-order valence-electron chi connectivity index (χ3n) is 9.30. The summed E-state index contributed by atoms with van der Waals surface area (Å²) in [6.07, 6.45) is 3.98. The number of benzene rings is 2. The highest BCUT2D eigenvalue weighted by molar-refractivity contribution is 5.66. The van der Waals surface area contributed by atoms with Crippen molar-refractivity contribution in [1.29, 1.82) is 5.26 Å². The molecule has 9 heteroatoms. The van der Waals surface area contributed by atoms with Crippen molar-refractivity contribution < 1.29 is 28.4 Å². The summed E-state index contributed by atoms with van der Waals surface area (Å²) in [6, 6.07) is 4.51. The highest BCUT2D eigenvalue weighted by Gasteiger charge is 2.56. The van der Waals surface area contributed by atoms with Gasteiger partial charge in [0.2, 0.25) is 6.79 Å². The van der Waals surface area contributed by atoms with Gasteiger partial charge in [0.15, 0.2) is 29.8 Å². The Morgan fingerprint density at radius 1 is 1.07 bits per heavy atom. The van der Waals surface area contributed by atoms with E-state index in [4.69, 9.17) is 28.4 Å². The molecule has 4 aliphatic rings. The second-order valence-electron chi connectivity index (χ2n) is 11.3. The Morgan fingerprint density at radius 3 is 2.54 bits per heavy atom. The van der Waals surface area contributed by atoms with Crippen molar-refractivity contribution >= 4 is 0 Å². The summed E-state index contributed by atoms with van der Waals surface area (Å²) in [6.45, 7) is 10.8. The van der Waals surface area contributed by atoms with Crippen molar-refractivity contribution in [3.05, 3.63) is 52.1 Å². The lowest BCUT2D eigenvalue weighted by Crippen LogP contribution is -2.68. The van der Waals surface area contributed by atoms with Crippen LogP contribution in [0.25, 0.3) is 0 Å². The number of aryl methyl sites for hydroxylation is 1. The number of ether oxygens (including phenoxy) is 6. The molecule has 5 atom stereocenters. The van der Waals surface area contributed by atoms with Crippen molar-refractivity contribution in [3.63, 3.8) is 0 Å². The largest absolute Gasteiger partial charge is 0.493 e. The van der Waals surface area contributed by atoms with Gasteiger partial charge in [-0.15, -0.1) is 0 Å². The highest BCUT2D eigenvalue weighted by atomic mass is 16.7. The maximum Gasteiger partial charge on any atom is 0.231 e. The van der Waals surface area contributed by atoms with E-state index in [2.05, 4.69) is 42.5 Å². The number of methoxy groups -OCH3 is 2. The molecule has 2 aromatic rings. The van der Waals surface area contributed by atoms with Gasteiger partial charge in [0.1, 0.15) is 18.4 Å². The number of piperazine rings is 1. The molecule has 4 aliphatic heterocycles. The number of nitriles is 1. The fourth-order valence-electron chi connectivity index (χ4n) is 7.81. The molecule has 0 amide bonds. The average molecular weight is 562 g/mol. The van der Waals surface area contributed by atoms with E-state index in [1.54, 1.807) is 20.3 Å². The van der Waals surface area contributed by atoms with E-state index in [0.717, 1.165) is 69.4 Å². The number of fused-ring (bicyclic) bond motifs is 9. The fourth-order valence-corrected chi connectivity index (χ4v) is 7.81. The van der Waals surface area contributed by atoms with Gasteiger partial charge in [0.25, 0.3) is 0 Å². The molecule has 1 saturated heterocycles. The van der Waals surface area contributed by atoms with Gasteiger partial charge in [-0.05, 0) is 51.3 Å². The van der Waals surface area contributed by atoms with Gasteiger partial charge in [-0.1, -0.05) is 25.6 Å². The lowest BCUT2D eigenvalue weighted by Gasteiger charge is -2.60. The zero-order chi connectivity index (χ0) is 29.0.